The largest absolute Gasteiger partial charge is 0.475 e. The lowest BCUT2D eigenvalue weighted by molar-refractivity contribution is 0.0656. The Morgan fingerprint density at radius 2 is 2.05 bits per heavy atom. The minimum Gasteiger partial charge on any atom is -0.475 e. The number of carboxylic acids is 1. The van der Waals surface area contributed by atoms with Crippen LogP contribution in [0.3, 0.4) is 0 Å². The van der Waals surface area contributed by atoms with E-state index in [1.165, 1.54) is 6.07 Å². The summed E-state index contributed by atoms with van der Waals surface area (Å²) in [4.78, 5) is 10.7. The molecule has 3 unspecified atom stereocenters. The third-order valence-corrected chi connectivity index (χ3v) is 5.43. The summed E-state index contributed by atoms with van der Waals surface area (Å²) in [6.07, 6.45) is 2.87. The van der Waals surface area contributed by atoms with Crippen LogP contribution >= 0.6 is 0 Å². The van der Waals surface area contributed by atoms with Crippen LogP contribution < -0.4 is 4.72 Å². The molecule has 2 N–H and O–H groups in total. The Bertz CT molecular complexity index is 592. The standard InChI is InChI=1S/C13H19NO5S/c1-8-4-3-5-10(9(8)2)14-20(17,18)12-7-6-11(19-12)13(15)16/h6-10,14H,3-5H2,1-2H3,(H,15,16). The van der Waals surface area contributed by atoms with E-state index in [2.05, 4.69) is 11.6 Å². The van der Waals surface area contributed by atoms with Crippen molar-refractivity contribution in [1.82, 2.24) is 4.72 Å². The van der Waals surface area contributed by atoms with Crippen molar-refractivity contribution in [1.29, 1.82) is 0 Å². The summed E-state index contributed by atoms with van der Waals surface area (Å²) >= 11 is 0. The van der Waals surface area contributed by atoms with Crippen LogP contribution in [0.5, 0.6) is 0 Å². The second-order valence-corrected chi connectivity index (χ2v) is 7.06. The molecule has 112 valence electrons. The van der Waals surface area contributed by atoms with Crippen LogP contribution in [0.4, 0.5) is 0 Å². The smallest absolute Gasteiger partial charge is 0.371 e. The Labute approximate surface area is 118 Å². The molecule has 1 heterocycles. The molecule has 1 saturated carbocycles. The molecule has 0 aliphatic heterocycles. The fraction of sp³-hybridized carbons (Fsp3) is 0.615. The van der Waals surface area contributed by atoms with Gasteiger partial charge in [-0.2, -0.15) is 0 Å². The molecule has 1 aromatic heterocycles. The second kappa shape index (κ2) is 5.57. The van der Waals surface area contributed by atoms with Gasteiger partial charge in [0.25, 0.3) is 10.0 Å². The number of furan rings is 1. The molecule has 0 amide bonds. The Balaban J connectivity index is 2.16. The fourth-order valence-electron chi connectivity index (χ4n) is 2.59. The number of carbonyl (C=O) groups is 1. The predicted molar refractivity (Wildman–Crippen MR) is 72.0 cm³/mol. The Morgan fingerprint density at radius 1 is 1.35 bits per heavy atom. The van der Waals surface area contributed by atoms with E-state index < -0.39 is 16.0 Å². The number of nitrogens with one attached hydrogen (secondary N) is 1. The van der Waals surface area contributed by atoms with Crippen molar-refractivity contribution in [3.63, 3.8) is 0 Å². The quantitative estimate of drug-likeness (QED) is 0.887. The van der Waals surface area contributed by atoms with Gasteiger partial charge in [-0.05, 0) is 30.4 Å². The summed E-state index contributed by atoms with van der Waals surface area (Å²) in [5, 5.41) is 8.41. The molecule has 0 saturated heterocycles. The lowest BCUT2D eigenvalue weighted by atomic mass is 9.78. The van der Waals surface area contributed by atoms with Gasteiger partial charge in [-0.25, -0.2) is 17.9 Å². The van der Waals surface area contributed by atoms with E-state index >= 15 is 0 Å². The maximum atomic E-state index is 12.2. The summed E-state index contributed by atoms with van der Waals surface area (Å²) in [6, 6.07) is 2.18. The molecule has 1 aliphatic carbocycles. The molecule has 0 spiro atoms. The van der Waals surface area contributed by atoms with Crippen molar-refractivity contribution in [2.24, 2.45) is 11.8 Å². The van der Waals surface area contributed by atoms with Crippen LogP contribution in [0.25, 0.3) is 0 Å². The third kappa shape index (κ3) is 3.04. The SMILES string of the molecule is CC1CCCC(NS(=O)(=O)c2ccc(C(=O)O)o2)C1C. The van der Waals surface area contributed by atoms with Gasteiger partial charge in [0.05, 0.1) is 0 Å². The van der Waals surface area contributed by atoms with E-state index in [4.69, 9.17) is 9.52 Å². The maximum absolute atomic E-state index is 12.2. The van der Waals surface area contributed by atoms with Crippen molar-refractivity contribution >= 4 is 16.0 Å². The number of rotatable bonds is 4. The molecule has 1 fully saturated rings. The molecular formula is C13H19NO5S. The van der Waals surface area contributed by atoms with E-state index in [9.17, 15) is 13.2 Å². The minimum atomic E-state index is -3.81. The molecule has 6 nitrogen and oxygen atoms in total. The summed E-state index contributed by atoms with van der Waals surface area (Å²) in [7, 11) is -3.81. The van der Waals surface area contributed by atoms with Gasteiger partial charge < -0.3 is 9.52 Å². The van der Waals surface area contributed by atoms with Gasteiger partial charge in [0, 0.05) is 6.04 Å². The number of hydrogen-bond acceptors (Lipinski definition) is 4. The number of sulfonamides is 1. The highest BCUT2D eigenvalue weighted by molar-refractivity contribution is 7.89. The maximum Gasteiger partial charge on any atom is 0.371 e. The van der Waals surface area contributed by atoms with Gasteiger partial charge in [0.15, 0.2) is 0 Å². The second-order valence-electron chi connectivity index (χ2n) is 5.42. The third-order valence-electron chi connectivity index (χ3n) is 4.07. The van der Waals surface area contributed by atoms with Crippen molar-refractivity contribution in [3.8, 4) is 0 Å². The average molecular weight is 301 g/mol. The first-order chi connectivity index (χ1) is 9.31. The van der Waals surface area contributed by atoms with Gasteiger partial charge in [0.1, 0.15) is 0 Å². The molecule has 0 aromatic carbocycles. The van der Waals surface area contributed by atoms with Crippen LogP contribution in [0.2, 0.25) is 0 Å². The minimum absolute atomic E-state index is 0.137. The molecule has 0 bridgehead atoms. The highest BCUT2D eigenvalue weighted by Gasteiger charge is 2.32. The summed E-state index contributed by atoms with van der Waals surface area (Å²) in [5.74, 6) is -0.961. The molecular weight excluding hydrogens is 282 g/mol. The predicted octanol–water partition coefficient (Wildman–Crippen LogP) is 2.08. The van der Waals surface area contributed by atoms with E-state index in [1.54, 1.807) is 0 Å². The van der Waals surface area contributed by atoms with E-state index in [1.807, 2.05) is 6.92 Å². The summed E-state index contributed by atoms with van der Waals surface area (Å²) in [5.41, 5.74) is 0. The molecule has 1 aromatic rings. The lowest BCUT2D eigenvalue weighted by Gasteiger charge is -2.34. The first kappa shape index (κ1) is 15.1. The Morgan fingerprint density at radius 3 is 2.65 bits per heavy atom. The Hall–Kier alpha value is -1.34. The van der Waals surface area contributed by atoms with Gasteiger partial charge >= 0.3 is 5.97 Å². The summed E-state index contributed by atoms with van der Waals surface area (Å²) < 4.78 is 31.9. The lowest BCUT2D eigenvalue weighted by Crippen LogP contribution is -2.43. The molecule has 2 rings (SSSR count). The van der Waals surface area contributed by atoms with E-state index in [-0.39, 0.29) is 22.8 Å². The van der Waals surface area contributed by atoms with Crippen LogP contribution in [-0.2, 0) is 10.0 Å². The monoisotopic (exact) mass is 301 g/mol. The van der Waals surface area contributed by atoms with Crippen molar-refractivity contribution < 1.29 is 22.7 Å². The highest BCUT2D eigenvalue weighted by Crippen LogP contribution is 2.30. The topological polar surface area (TPSA) is 96.6 Å². The number of aromatic carboxylic acids is 1. The van der Waals surface area contributed by atoms with Crippen molar-refractivity contribution in [3.05, 3.63) is 17.9 Å². The molecule has 3 atom stereocenters. The van der Waals surface area contributed by atoms with Crippen LogP contribution in [0.15, 0.2) is 21.6 Å². The van der Waals surface area contributed by atoms with Crippen LogP contribution in [-0.4, -0.2) is 25.5 Å². The summed E-state index contributed by atoms with van der Waals surface area (Å²) in [6.45, 7) is 4.14. The molecule has 20 heavy (non-hydrogen) atoms. The van der Waals surface area contributed by atoms with Crippen molar-refractivity contribution in [2.75, 3.05) is 0 Å². The molecule has 7 heteroatoms. The van der Waals surface area contributed by atoms with Crippen LogP contribution in [0.1, 0.15) is 43.7 Å². The molecule has 0 radical (unpaired) electrons. The highest BCUT2D eigenvalue weighted by atomic mass is 32.2. The van der Waals surface area contributed by atoms with Crippen molar-refractivity contribution in [2.45, 2.75) is 44.2 Å². The fourth-order valence-corrected chi connectivity index (χ4v) is 3.88. The number of carboxylic acid groups (broad SMARTS) is 1. The van der Waals surface area contributed by atoms with Gasteiger partial charge in [-0.15, -0.1) is 0 Å². The normalized spacial score (nSPS) is 27.4. The van der Waals surface area contributed by atoms with Crippen LogP contribution in [0, 0.1) is 11.8 Å². The first-order valence-electron chi connectivity index (χ1n) is 6.66. The number of hydrogen-bond donors (Lipinski definition) is 2. The van der Waals surface area contributed by atoms with E-state index in [0.29, 0.717) is 5.92 Å². The average Bonchev–Trinajstić information content (AvgIpc) is 2.85. The van der Waals surface area contributed by atoms with Gasteiger partial charge in [0.2, 0.25) is 10.9 Å². The zero-order valence-electron chi connectivity index (χ0n) is 11.5. The van der Waals surface area contributed by atoms with E-state index in [0.717, 1.165) is 25.3 Å². The zero-order valence-corrected chi connectivity index (χ0v) is 12.3. The first-order valence-corrected chi connectivity index (χ1v) is 8.15. The Kier molecular flexibility index (Phi) is 4.19. The van der Waals surface area contributed by atoms with Gasteiger partial charge in [-0.1, -0.05) is 26.7 Å². The molecule has 1 aliphatic rings. The van der Waals surface area contributed by atoms with Gasteiger partial charge in [-0.3, -0.25) is 0 Å². The zero-order chi connectivity index (χ0) is 14.9.